The summed E-state index contributed by atoms with van der Waals surface area (Å²) in [6.45, 7) is 1.84. The highest BCUT2D eigenvalue weighted by Crippen LogP contribution is 2.25. The molecule has 9 heteroatoms. The van der Waals surface area contributed by atoms with Crippen LogP contribution in [-0.2, 0) is 4.74 Å². The number of hydrogen-bond acceptors (Lipinski definition) is 5. The highest BCUT2D eigenvalue weighted by atomic mass is 35.5. The first kappa shape index (κ1) is 17.6. The molecule has 0 fully saturated rings. The molecule has 1 aromatic carbocycles. The van der Waals surface area contributed by atoms with E-state index in [2.05, 4.69) is 20.7 Å². The van der Waals surface area contributed by atoms with Crippen LogP contribution in [0.5, 0.6) is 0 Å². The molecule has 0 aliphatic carbocycles. The van der Waals surface area contributed by atoms with Gasteiger partial charge in [0.05, 0.1) is 18.6 Å². The number of halogens is 1. The standard InChI is InChI=1S/C17H15ClN4O4/c1-2-25-17(24)20-19-16(23)13-10-14(15-7-4-8-26-15)22(21-13)12-6-3-5-11(18)9-12/h3-10H,2H2,1H3,(H,19,23)(H,20,24). The number of furan rings is 1. The van der Waals surface area contributed by atoms with Gasteiger partial charge in [-0.1, -0.05) is 17.7 Å². The quantitative estimate of drug-likeness (QED) is 0.683. The van der Waals surface area contributed by atoms with Crippen molar-refractivity contribution >= 4 is 23.6 Å². The van der Waals surface area contributed by atoms with Gasteiger partial charge in [0.15, 0.2) is 11.5 Å². The van der Waals surface area contributed by atoms with E-state index in [0.717, 1.165) is 0 Å². The predicted octanol–water partition coefficient (Wildman–Crippen LogP) is 3.18. The van der Waals surface area contributed by atoms with Crippen LogP contribution in [0.25, 0.3) is 17.1 Å². The zero-order chi connectivity index (χ0) is 18.5. The van der Waals surface area contributed by atoms with Gasteiger partial charge in [-0.15, -0.1) is 0 Å². The summed E-state index contributed by atoms with van der Waals surface area (Å²) in [6.07, 6.45) is 0.758. The lowest BCUT2D eigenvalue weighted by molar-refractivity contribution is 0.0907. The minimum atomic E-state index is -0.763. The van der Waals surface area contributed by atoms with Crippen molar-refractivity contribution in [2.45, 2.75) is 6.92 Å². The third kappa shape index (κ3) is 3.86. The fourth-order valence-electron chi connectivity index (χ4n) is 2.24. The van der Waals surface area contributed by atoms with E-state index in [1.807, 2.05) is 0 Å². The summed E-state index contributed by atoms with van der Waals surface area (Å²) in [7, 11) is 0. The van der Waals surface area contributed by atoms with Crippen molar-refractivity contribution in [2.24, 2.45) is 0 Å². The minimum absolute atomic E-state index is 0.0770. The van der Waals surface area contributed by atoms with E-state index in [1.54, 1.807) is 49.4 Å². The second-order valence-electron chi connectivity index (χ2n) is 5.08. The molecule has 134 valence electrons. The summed E-state index contributed by atoms with van der Waals surface area (Å²) in [6, 6.07) is 12.0. The Balaban J connectivity index is 1.92. The summed E-state index contributed by atoms with van der Waals surface area (Å²) in [5, 5.41) is 4.82. The summed E-state index contributed by atoms with van der Waals surface area (Å²) in [5.41, 5.74) is 5.66. The average molecular weight is 375 g/mol. The van der Waals surface area contributed by atoms with E-state index in [-0.39, 0.29) is 12.3 Å². The molecule has 0 saturated carbocycles. The first-order valence-corrected chi connectivity index (χ1v) is 8.09. The van der Waals surface area contributed by atoms with Crippen molar-refractivity contribution < 1.29 is 18.7 Å². The highest BCUT2D eigenvalue weighted by Gasteiger charge is 2.19. The Hall–Kier alpha value is -3.26. The second-order valence-corrected chi connectivity index (χ2v) is 5.52. The number of hydrogen-bond donors (Lipinski definition) is 2. The Bertz CT molecular complexity index is 921. The fraction of sp³-hybridized carbons (Fsp3) is 0.118. The second kappa shape index (κ2) is 7.75. The molecule has 0 atom stereocenters. The molecule has 0 spiro atoms. The molecule has 0 unspecified atom stereocenters. The van der Waals surface area contributed by atoms with Gasteiger partial charge in [0.25, 0.3) is 5.91 Å². The third-order valence-corrected chi connectivity index (χ3v) is 3.56. The van der Waals surface area contributed by atoms with Gasteiger partial charge in [0.1, 0.15) is 5.69 Å². The predicted molar refractivity (Wildman–Crippen MR) is 93.9 cm³/mol. The van der Waals surface area contributed by atoms with Gasteiger partial charge in [-0.25, -0.2) is 14.9 Å². The Kier molecular flexibility index (Phi) is 5.23. The topological polar surface area (TPSA) is 98.4 Å². The van der Waals surface area contributed by atoms with E-state index in [0.29, 0.717) is 22.2 Å². The number of ether oxygens (including phenoxy) is 1. The van der Waals surface area contributed by atoms with Crippen molar-refractivity contribution in [3.05, 3.63) is 59.4 Å². The first-order valence-electron chi connectivity index (χ1n) is 7.71. The van der Waals surface area contributed by atoms with Crippen LogP contribution in [0.15, 0.2) is 53.1 Å². The van der Waals surface area contributed by atoms with Crippen molar-refractivity contribution in [3.8, 4) is 17.1 Å². The highest BCUT2D eigenvalue weighted by molar-refractivity contribution is 6.30. The largest absolute Gasteiger partial charge is 0.463 e. The zero-order valence-corrected chi connectivity index (χ0v) is 14.5. The number of hydrazine groups is 1. The third-order valence-electron chi connectivity index (χ3n) is 3.32. The molecule has 0 saturated heterocycles. The van der Waals surface area contributed by atoms with Crippen molar-refractivity contribution in [1.29, 1.82) is 0 Å². The van der Waals surface area contributed by atoms with Gasteiger partial charge in [-0.3, -0.25) is 10.2 Å². The van der Waals surface area contributed by atoms with Crippen LogP contribution >= 0.6 is 11.6 Å². The van der Waals surface area contributed by atoms with Gasteiger partial charge in [-0.2, -0.15) is 5.10 Å². The van der Waals surface area contributed by atoms with E-state index in [4.69, 9.17) is 16.0 Å². The molecule has 0 radical (unpaired) electrons. The molecule has 2 aromatic heterocycles. The van der Waals surface area contributed by atoms with E-state index >= 15 is 0 Å². The number of rotatable bonds is 4. The van der Waals surface area contributed by atoms with Gasteiger partial charge in [0, 0.05) is 11.1 Å². The number of carbonyl (C=O) groups is 2. The maximum Gasteiger partial charge on any atom is 0.426 e. The molecule has 2 heterocycles. The lowest BCUT2D eigenvalue weighted by Crippen LogP contribution is -2.42. The fourth-order valence-corrected chi connectivity index (χ4v) is 2.42. The molecule has 0 bridgehead atoms. The Labute approximate surface area is 153 Å². The maximum absolute atomic E-state index is 12.3. The smallest absolute Gasteiger partial charge is 0.426 e. The first-order chi connectivity index (χ1) is 12.6. The molecule has 3 rings (SSSR count). The SMILES string of the molecule is CCOC(=O)NNC(=O)c1cc(-c2ccco2)n(-c2cccc(Cl)c2)n1. The molecule has 0 aliphatic heterocycles. The zero-order valence-electron chi connectivity index (χ0n) is 13.7. The van der Waals surface area contributed by atoms with Crippen LogP contribution < -0.4 is 10.9 Å². The van der Waals surface area contributed by atoms with E-state index in [9.17, 15) is 9.59 Å². The molecular weight excluding hydrogens is 360 g/mol. The lowest BCUT2D eigenvalue weighted by atomic mass is 10.2. The van der Waals surface area contributed by atoms with Gasteiger partial charge >= 0.3 is 6.09 Å². The molecule has 3 aromatic rings. The van der Waals surface area contributed by atoms with E-state index in [1.165, 1.54) is 10.9 Å². The van der Waals surface area contributed by atoms with Crippen LogP contribution in [0.3, 0.4) is 0 Å². The molecule has 0 aliphatic rings. The van der Waals surface area contributed by atoms with E-state index < -0.39 is 12.0 Å². The molecule has 8 nitrogen and oxygen atoms in total. The number of carbonyl (C=O) groups excluding carboxylic acids is 2. The Morgan fingerprint density at radius 3 is 2.77 bits per heavy atom. The summed E-state index contributed by atoms with van der Waals surface area (Å²) >= 11 is 6.05. The van der Waals surface area contributed by atoms with Gasteiger partial charge in [-0.05, 0) is 37.3 Å². The van der Waals surface area contributed by atoms with Gasteiger partial charge in [0.2, 0.25) is 0 Å². The maximum atomic E-state index is 12.3. The molecule has 26 heavy (non-hydrogen) atoms. The molecule has 2 N–H and O–H groups in total. The summed E-state index contributed by atoms with van der Waals surface area (Å²) in [4.78, 5) is 23.6. The van der Waals surface area contributed by atoms with Crippen LogP contribution in [0.4, 0.5) is 4.79 Å². The minimum Gasteiger partial charge on any atom is -0.463 e. The van der Waals surface area contributed by atoms with Gasteiger partial charge < -0.3 is 9.15 Å². The summed E-state index contributed by atoms with van der Waals surface area (Å²) < 4.78 is 11.6. The Morgan fingerprint density at radius 1 is 1.23 bits per heavy atom. The number of amides is 2. The van der Waals surface area contributed by atoms with Crippen molar-refractivity contribution in [2.75, 3.05) is 6.61 Å². The number of nitrogens with zero attached hydrogens (tertiary/aromatic N) is 2. The van der Waals surface area contributed by atoms with Crippen LogP contribution in [0, 0.1) is 0 Å². The van der Waals surface area contributed by atoms with Crippen LogP contribution in [0.1, 0.15) is 17.4 Å². The molecule has 2 amide bonds. The Morgan fingerprint density at radius 2 is 2.08 bits per heavy atom. The van der Waals surface area contributed by atoms with Crippen molar-refractivity contribution in [3.63, 3.8) is 0 Å². The van der Waals surface area contributed by atoms with Crippen LogP contribution in [0.2, 0.25) is 5.02 Å². The lowest BCUT2D eigenvalue weighted by Gasteiger charge is -2.06. The monoisotopic (exact) mass is 374 g/mol. The molecular formula is C17H15ClN4O4. The number of benzene rings is 1. The van der Waals surface area contributed by atoms with Crippen molar-refractivity contribution in [1.82, 2.24) is 20.6 Å². The number of aromatic nitrogens is 2. The average Bonchev–Trinajstić information content (AvgIpc) is 3.29. The normalized spacial score (nSPS) is 10.4. The number of nitrogens with one attached hydrogen (secondary N) is 2. The summed E-state index contributed by atoms with van der Waals surface area (Å²) in [5.74, 6) is -0.0819. The van der Waals surface area contributed by atoms with Crippen LogP contribution in [-0.4, -0.2) is 28.4 Å².